The molecule has 2 nitrogen and oxygen atoms in total. The number of rotatable bonds is 4. The molecule has 2 rings (SSSR count). The van der Waals surface area contributed by atoms with Gasteiger partial charge in [-0.05, 0) is 57.7 Å². The van der Waals surface area contributed by atoms with Crippen LogP contribution >= 0.6 is 11.8 Å². The molecule has 0 aromatic heterocycles. The molecule has 0 radical (unpaired) electrons. The lowest BCUT2D eigenvalue weighted by atomic mass is 9.73. The summed E-state index contributed by atoms with van der Waals surface area (Å²) in [6.45, 7) is 12.1. The second-order valence-corrected chi connectivity index (χ2v) is 9.13. The Kier molecular flexibility index (Phi) is 6.25. The van der Waals surface area contributed by atoms with Gasteiger partial charge in [-0.2, -0.15) is 11.8 Å². The van der Waals surface area contributed by atoms with Crippen LogP contribution in [0.4, 0.5) is 0 Å². The Morgan fingerprint density at radius 3 is 2.45 bits per heavy atom. The predicted octanol–water partition coefficient (Wildman–Crippen LogP) is 3.76. The van der Waals surface area contributed by atoms with E-state index in [0.717, 1.165) is 0 Å². The second kappa shape index (κ2) is 7.51. The Labute approximate surface area is 130 Å². The lowest BCUT2D eigenvalue weighted by Crippen LogP contribution is -2.50. The summed E-state index contributed by atoms with van der Waals surface area (Å²) in [7, 11) is 0. The standard InChI is InChI=1S/C17H34N2S/c1-16(2,3)18-14-17(8-5-4-6-9-17)15-19-10-7-12-20-13-11-19/h18H,4-15H2,1-3H3. The maximum atomic E-state index is 3.81. The number of hydrogen-bond donors (Lipinski definition) is 1. The van der Waals surface area contributed by atoms with Crippen LogP contribution in [0.5, 0.6) is 0 Å². The third-order valence-corrected chi connectivity index (χ3v) is 5.83. The molecule has 1 saturated heterocycles. The van der Waals surface area contributed by atoms with Crippen molar-refractivity contribution in [3.8, 4) is 0 Å². The number of nitrogens with one attached hydrogen (secondary N) is 1. The van der Waals surface area contributed by atoms with Crippen LogP contribution in [0.3, 0.4) is 0 Å². The molecule has 2 aliphatic rings. The van der Waals surface area contributed by atoms with Crippen LogP contribution in [0.1, 0.15) is 59.3 Å². The van der Waals surface area contributed by atoms with Gasteiger partial charge in [0.05, 0.1) is 0 Å². The second-order valence-electron chi connectivity index (χ2n) is 7.91. The van der Waals surface area contributed by atoms with E-state index in [0.29, 0.717) is 5.41 Å². The highest BCUT2D eigenvalue weighted by molar-refractivity contribution is 7.99. The van der Waals surface area contributed by atoms with E-state index in [-0.39, 0.29) is 5.54 Å². The van der Waals surface area contributed by atoms with Gasteiger partial charge in [0.25, 0.3) is 0 Å². The minimum atomic E-state index is 0.249. The van der Waals surface area contributed by atoms with E-state index in [2.05, 4.69) is 42.7 Å². The smallest absolute Gasteiger partial charge is 0.00967 e. The van der Waals surface area contributed by atoms with Gasteiger partial charge in [0.1, 0.15) is 0 Å². The molecule has 0 atom stereocenters. The van der Waals surface area contributed by atoms with Crippen molar-refractivity contribution in [2.24, 2.45) is 5.41 Å². The van der Waals surface area contributed by atoms with Crippen molar-refractivity contribution in [1.29, 1.82) is 0 Å². The van der Waals surface area contributed by atoms with Crippen LogP contribution in [-0.4, -0.2) is 48.1 Å². The van der Waals surface area contributed by atoms with Gasteiger partial charge in [0, 0.05) is 30.9 Å². The molecule has 2 fully saturated rings. The van der Waals surface area contributed by atoms with Gasteiger partial charge in [-0.15, -0.1) is 0 Å². The number of nitrogens with zero attached hydrogens (tertiary/aromatic N) is 1. The highest BCUT2D eigenvalue weighted by Crippen LogP contribution is 2.37. The molecule has 118 valence electrons. The van der Waals surface area contributed by atoms with Crippen LogP contribution in [0.15, 0.2) is 0 Å². The van der Waals surface area contributed by atoms with E-state index in [1.54, 1.807) is 0 Å². The first-order chi connectivity index (χ1) is 9.49. The summed E-state index contributed by atoms with van der Waals surface area (Å²) in [6.07, 6.45) is 8.57. The largest absolute Gasteiger partial charge is 0.311 e. The number of hydrogen-bond acceptors (Lipinski definition) is 3. The summed E-state index contributed by atoms with van der Waals surface area (Å²) in [6, 6.07) is 0. The molecule has 1 aliphatic carbocycles. The summed E-state index contributed by atoms with van der Waals surface area (Å²) in [5, 5.41) is 3.81. The SMILES string of the molecule is CC(C)(C)NCC1(CN2CCCSCC2)CCCCC1. The van der Waals surface area contributed by atoms with Crippen molar-refractivity contribution in [1.82, 2.24) is 10.2 Å². The van der Waals surface area contributed by atoms with E-state index in [1.807, 2.05) is 0 Å². The van der Waals surface area contributed by atoms with Crippen molar-refractivity contribution in [2.45, 2.75) is 64.8 Å². The molecule has 1 N–H and O–H groups in total. The molecule has 0 bridgehead atoms. The predicted molar refractivity (Wildman–Crippen MR) is 91.7 cm³/mol. The van der Waals surface area contributed by atoms with Gasteiger partial charge >= 0.3 is 0 Å². The van der Waals surface area contributed by atoms with Crippen LogP contribution < -0.4 is 5.32 Å². The van der Waals surface area contributed by atoms with Crippen molar-refractivity contribution >= 4 is 11.8 Å². The molecule has 0 unspecified atom stereocenters. The molecule has 0 aromatic rings. The molecule has 20 heavy (non-hydrogen) atoms. The molecule has 0 spiro atoms. The summed E-state index contributed by atoms with van der Waals surface area (Å²) in [5.74, 6) is 2.70. The van der Waals surface area contributed by atoms with Crippen LogP contribution in [0.25, 0.3) is 0 Å². The first-order valence-corrected chi connectivity index (χ1v) is 9.70. The summed E-state index contributed by atoms with van der Waals surface area (Å²) in [4.78, 5) is 2.76. The van der Waals surface area contributed by atoms with Gasteiger partial charge in [-0.3, -0.25) is 0 Å². The van der Waals surface area contributed by atoms with E-state index in [4.69, 9.17) is 0 Å². The third kappa shape index (κ3) is 5.57. The fourth-order valence-corrected chi connectivity index (χ4v) is 4.50. The average Bonchev–Trinajstić information content (AvgIpc) is 2.66. The van der Waals surface area contributed by atoms with Gasteiger partial charge in [0.15, 0.2) is 0 Å². The fourth-order valence-electron chi connectivity index (χ4n) is 3.58. The maximum absolute atomic E-state index is 3.81. The average molecular weight is 299 g/mol. The zero-order chi connectivity index (χ0) is 14.5. The Hall–Kier alpha value is 0.270. The minimum Gasteiger partial charge on any atom is -0.311 e. The van der Waals surface area contributed by atoms with Gasteiger partial charge < -0.3 is 10.2 Å². The van der Waals surface area contributed by atoms with E-state index in [1.165, 1.54) is 76.2 Å². The van der Waals surface area contributed by atoms with Crippen molar-refractivity contribution in [3.63, 3.8) is 0 Å². The molecule has 1 aliphatic heterocycles. The Balaban J connectivity index is 1.94. The normalized spacial score (nSPS) is 25.4. The monoisotopic (exact) mass is 298 g/mol. The number of thioether (sulfide) groups is 1. The molecular formula is C17H34N2S. The Morgan fingerprint density at radius 2 is 1.75 bits per heavy atom. The molecule has 0 amide bonds. The van der Waals surface area contributed by atoms with E-state index in [9.17, 15) is 0 Å². The molecular weight excluding hydrogens is 264 g/mol. The summed E-state index contributed by atoms with van der Waals surface area (Å²) >= 11 is 2.14. The zero-order valence-corrected chi connectivity index (χ0v) is 14.7. The van der Waals surface area contributed by atoms with Crippen molar-refractivity contribution in [3.05, 3.63) is 0 Å². The third-order valence-electron chi connectivity index (χ3n) is 4.78. The summed E-state index contributed by atoms with van der Waals surface area (Å²) < 4.78 is 0. The van der Waals surface area contributed by atoms with Crippen LogP contribution in [0, 0.1) is 5.41 Å². The van der Waals surface area contributed by atoms with Crippen molar-refractivity contribution in [2.75, 3.05) is 37.7 Å². The topological polar surface area (TPSA) is 15.3 Å². The highest BCUT2D eigenvalue weighted by Gasteiger charge is 2.34. The fraction of sp³-hybridized carbons (Fsp3) is 1.00. The zero-order valence-electron chi connectivity index (χ0n) is 13.8. The molecule has 1 saturated carbocycles. The quantitative estimate of drug-likeness (QED) is 0.850. The maximum Gasteiger partial charge on any atom is 0.00967 e. The van der Waals surface area contributed by atoms with Gasteiger partial charge in [-0.25, -0.2) is 0 Å². The van der Waals surface area contributed by atoms with Crippen LogP contribution in [-0.2, 0) is 0 Å². The highest BCUT2D eigenvalue weighted by atomic mass is 32.2. The van der Waals surface area contributed by atoms with E-state index >= 15 is 0 Å². The molecule has 0 aromatic carbocycles. The Morgan fingerprint density at radius 1 is 1.00 bits per heavy atom. The first kappa shape index (κ1) is 16.6. The Bertz CT molecular complexity index is 271. The van der Waals surface area contributed by atoms with Crippen molar-refractivity contribution < 1.29 is 0 Å². The summed E-state index contributed by atoms with van der Waals surface area (Å²) in [5.41, 5.74) is 0.791. The van der Waals surface area contributed by atoms with Gasteiger partial charge in [0.2, 0.25) is 0 Å². The van der Waals surface area contributed by atoms with Crippen LogP contribution in [0.2, 0.25) is 0 Å². The van der Waals surface area contributed by atoms with E-state index < -0.39 is 0 Å². The molecule has 1 heterocycles. The first-order valence-electron chi connectivity index (χ1n) is 8.54. The lowest BCUT2D eigenvalue weighted by molar-refractivity contribution is 0.0991. The molecule has 3 heteroatoms. The van der Waals surface area contributed by atoms with Gasteiger partial charge in [-0.1, -0.05) is 19.3 Å². The minimum absolute atomic E-state index is 0.249. The lowest BCUT2D eigenvalue weighted by Gasteiger charge is -2.43.